The molecule has 0 amide bonds. The summed E-state index contributed by atoms with van der Waals surface area (Å²) in [5, 5.41) is 3.23. The number of sulfonamides is 1. The number of halogens is 1. The molecule has 0 spiro atoms. The maximum atomic E-state index is 12.6. The molecule has 2 heterocycles. The van der Waals surface area contributed by atoms with Gasteiger partial charge in [-0.15, -0.1) is 12.4 Å². The second-order valence-electron chi connectivity index (χ2n) is 5.02. The summed E-state index contributed by atoms with van der Waals surface area (Å²) in [6.07, 6.45) is 0. The zero-order chi connectivity index (χ0) is 14.2. The number of fused-ring (bicyclic) bond motifs is 1. The molecule has 2 aliphatic heterocycles. The predicted molar refractivity (Wildman–Crippen MR) is 80.9 cm³/mol. The van der Waals surface area contributed by atoms with Gasteiger partial charge in [0.05, 0.1) is 4.90 Å². The van der Waals surface area contributed by atoms with E-state index in [0.29, 0.717) is 44.3 Å². The van der Waals surface area contributed by atoms with Crippen LogP contribution in [0.3, 0.4) is 0 Å². The lowest BCUT2D eigenvalue weighted by Gasteiger charge is -2.31. The lowest BCUT2D eigenvalue weighted by molar-refractivity contribution is 0.171. The maximum absolute atomic E-state index is 12.6. The first-order chi connectivity index (χ1) is 9.57. The van der Waals surface area contributed by atoms with Crippen LogP contribution in [-0.2, 0) is 10.0 Å². The largest absolute Gasteiger partial charge is 0.486 e. The van der Waals surface area contributed by atoms with Gasteiger partial charge in [-0.25, -0.2) is 8.42 Å². The summed E-state index contributed by atoms with van der Waals surface area (Å²) in [5.41, 5.74) is 0. The average molecular weight is 335 g/mol. The van der Waals surface area contributed by atoms with Crippen LogP contribution in [-0.4, -0.2) is 51.6 Å². The van der Waals surface area contributed by atoms with E-state index in [4.69, 9.17) is 9.47 Å². The van der Waals surface area contributed by atoms with Crippen molar-refractivity contribution >= 4 is 22.4 Å². The second-order valence-corrected chi connectivity index (χ2v) is 6.96. The number of piperazine rings is 1. The van der Waals surface area contributed by atoms with Crippen molar-refractivity contribution in [3.8, 4) is 11.5 Å². The standard InChI is InChI=1S/C13H18N2O4S.ClH/c1-10-9-15(5-4-14-10)20(16,17)11-2-3-12-13(8-11)19-7-6-18-12;/h2-3,8,10,14H,4-7,9H2,1H3;1H/t10-;/m0./s1. The minimum Gasteiger partial charge on any atom is -0.486 e. The molecule has 0 bridgehead atoms. The van der Waals surface area contributed by atoms with Gasteiger partial charge in [0.25, 0.3) is 0 Å². The number of benzene rings is 1. The van der Waals surface area contributed by atoms with E-state index in [1.807, 2.05) is 6.92 Å². The minimum absolute atomic E-state index is 0. The zero-order valence-corrected chi connectivity index (χ0v) is 13.4. The molecule has 0 aliphatic carbocycles. The van der Waals surface area contributed by atoms with Gasteiger partial charge in [-0.05, 0) is 19.1 Å². The van der Waals surface area contributed by atoms with Crippen molar-refractivity contribution in [1.82, 2.24) is 9.62 Å². The van der Waals surface area contributed by atoms with Crippen LogP contribution < -0.4 is 14.8 Å². The third-order valence-corrected chi connectivity index (χ3v) is 5.34. The van der Waals surface area contributed by atoms with Crippen molar-refractivity contribution in [2.24, 2.45) is 0 Å². The highest BCUT2D eigenvalue weighted by Crippen LogP contribution is 2.33. The summed E-state index contributed by atoms with van der Waals surface area (Å²) in [4.78, 5) is 0.260. The second kappa shape index (κ2) is 6.39. The summed E-state index contributed by atoms with van der Waals surface area (Å²) in [6.45, 7) is 4.56. The van der Waals surface area contributed by atoms with Crippen LogP contribution in [0.25, 0.3) is 0 Å². The number of ether oxygens (including phenoxy) is 2. The Morgan fingerprint density at radius 3 is 2.67 bits per heavy atom. The highest BCUT2D eigenvalue weighted by Gasteiger charge is 2.29. The summed E-state index contributed by atoms with van der Waals surface area (Å²) in [6, 6.07) is 4.95. The lowest BCUT2D eigenvalue weighted by atomic mass is 10.3. The van der Waals surface area contributed by atoms with Gasteiger partial charge in [-0.2, -0.15) is 4.31 Å². The molecule has 1 fully saturated rings. The topological polar surface area (TPSA) is 67.9 Å². The van der Waals surface area contributed by atoms with Crippen LogP contribution in [0.15, 0.2) is 23.1 Å². The Balaban J connectivity index is 0.00000161. The Labute approximate surface area is 130 Å². The molecule has 1 aromatic carbocycles. The van der Waals surface area contributed by atoms with Crippen molar-refractivity contribution in [3.63, 3.8) is 0 Å². The fourth-order valence-corrected chi connectivity index (χ4v) is 3.99. The predicted octanol–water partition coefficient (Wildman–Crippen LogP) is 0.862. The van der Waals surface area contributed by atoms with Gasteiger partial charge in [0, 0.05) is 31.7 Å². The van der Waals surface area contributed by atoms with Gasteiger partial charge < -0.3 is 14.8 Å². The number of hydrogen-bond donors (Lipinski definition) is 1. The molecule has 21 heavy (non-hydrogen) atoms. The first kappa shape index (κ1) is 16.4. The fourth-order valence-electron chi connectivity index (χ4n) is 2.45. The average Bonchev–Trinajstić information content (AvgIpc) is 2.46. The molecule has 0 aromatic heterocycles. The first-order valence-electron chi connectivity index (χ1n) is 6.70. The molecule has 0 saturated carbocycles. The number of nitrogens with zero attached hydrogens (tertiary/aromatic N) is 1. The molecule has 6 nitrogen and oxygen atoms in total. The van der Waals surface area contributed by atoms with E-state index in [2.05, 4.69) is 5.32 Å². The number of rotatable bonds is 2. The monoisotopic (exact) mass is 334 g/mol. The summed E-state index contributed by atoms with van der Waals surface area (Å²) in [7, 11) is -3.47. The normalized spacial score (nSPS) is 22.4. The molecule has 0 radical (unpaired) electrons. The Hall–Kier alpha value is -1.02. The van der Waals surface area contributed by atoms with E-state index in [-0.39, 0.29) is 23.3 Å². The van der Waals surface area contributed by atoms with Gasteiger partial charge in [-0.3, -0.25) is 0 Å². The highest BCUT2D eigenvalue weighted by molar-refractivity contribution is 7.89. The van der Waals surface area contributed by atoms with Crippen molar-refractivity contribution in [1.29, 1.82) is 0 Å². The first-order valence-corrected chi connectivity index (χ1v) is 8.14. The summed E-state index contributed by atoms with van der Waals surface area (Å²) >= 11 is 0. The van der Waals surface area contributed by atoms with Crippen LogP contribution >= 0.6 is 12.4 Å². The van der Waals surface area contributed by atoms with Crippen molar-refractivity contribution in [2.45, 2.75) is 17.9 Å². The van der Waals surface area contributed by atoms with Crippen molar-refractivity contribution in [2.75, 3.05) is 32.8 Å². The fraction of sp³-hybridized carbons (Fsp3) is 0.538. The molecular formula is C13H19ClN2O4S. The Kier molecular flexibility index (Phi) is 4.98. The Bertz CT molecular complexity index is 608. The van der Waals surface area contributed by atoms with Crippen molar-refractivity contribution in [3.05, 3.63) is 18.2 Å². The van der Waals surface area contributed by atoms with Gasteiger partial charge in [0.15, 0.2) is 11.5 Å². The van der Waals surface area contributed by atoms with Gasteiger partial charge in [0.2, 0.25) is 10.0 Å². The number of hydrogen-bond acceptors (Lipinski definition) is 5. The maximum Gasteiger partial charge on any atom is 0.243 e. The van der Waals surface area contributed by atoms with Crippen LogP contribution in [0, 0.1) is 0 Å². The molecule has 8 heteroatoms. The molecule has 118 valence electrons. The van der Waals surface area contributed by atoms with E-state index in [0.717, 1.165) is 0 Å². The van der Waals surface area contributed by atoms with E-state index < -0.39 is 10.0 Å². The number of nitrogens with one attached hydrogen (secondary N) is 1. The third kappa shape index (κ3) is 3.26. The third-order valence-electron chi connectivity index (χ3n) is 3.48. The lowest BCUT2D eigenvalue weighted by Crippen LogP contribution is -2.51. The summed E-state index contributed by atoms with van der Waals surface area (Å²) < 4.78 is 37.6. The smallest absolute Gasteiger partial charge is 0.243 e. The molecule has 1 aromatic rings. The van der Waals surface area contributed by atoms with Crippen molar-refractivity contribution < 1.29 is 17.9 Å². The molecule has 1 N–H and O–H groups in total. The van der Waals surface area contributed by atoms with Crippen LogP contribution in [0.4, 0.5) is 0 Å². The summed E-state index contributed by atoms with van der Waals surface area (Å²) in [5.74, 6) is 1.10. The Morgan fingerprint density at radius 2 is 1.95 bits per heavy atom. The van der Waals surface area contributed by atoms with E-state index >= 15 is 0 Å². The molecule has 1 atom stereocenters. The quantitative estimate of drug-likeness (QED) is 0.869. The molecule has 2 aliphatic rings. The van der Waals surface area contributed by atoms with Gasteiger partial charge >= 0.3 is 0 Å². The minimum atomic E-state index is -3.47. The van der Waals surface area contributed by atoms with Crippen LogP contribution in [0.1, 0.15) is 6.92 Å². The SMILES string of the molecule is C[C@H]1CN(S(=O)(=O)c2ccc3c(c2)OCCO3)CCN1.Cl. The van der Waals surface area contributed by atoms with E-state index in [9.17, 15) is 8.42 Å². The van der Waals surface area contributed by atoms with Crippen LogP contribution in [0.5, 0.6) is 11.5 Å². The molecule has 1 saturated heterocycles. The molecule has 0 unspecified atom stereocenters. The van der Waals surface area contributed by atoms with E-state index in [1.165, 1.54) is 4.31 Å². The molecule has 3 rings (SSSR count). The van der Waals surface area contributed by atoms with Gasteiger partial charge in [0.1, 0.15) is 13.2 Å². The van der Waals surface area contributed by atoms with Gasteiger partial charge in [-0.1, -0.05) is 0 Å². The Morgan fingerprint density at radius 1 is 1.24 bits per heavy atom. The highest BCUT2D eigenvalue weighted by atomic mass is 35.5. The van der Waals surface area contributed by atoms with E-state index in [1.54, 1.807) is 18.2 Å². The van der Waals surface area contributed by atoms with Crippen LogP contribution in [0.2, 0.25) is 0 Å². The zero-order valence-electron chi connectivity index (χ0n) is 11.7. The molecular weight excluding hydrogens is 316 g/mol.